The van der Waals surface area contributed by atoms with Gasteiger partial charge in [0.15, 0.2) is 11.0 Å². The van der Waals surface area contributed by atoms with E-state index >= 15 is 8.78 Å². The molecule has 2 aromatic heterocycles. The van der Waals surface area contributed by atoms with Gasteiger partial charge in [-0.1, -0.05) is 60.7 Å². The van der Waals surface area contributed by atoms with Gasteiger partial charge in [-0.2, -0.15) is 8.78 Å². The Morgan fingerprint density at radius 2 is 1.56 bits per heavy atom. The molecule has 158 valence electrons. The van der Waals surface area contributed by atoms with Gasteiger partial charge in [0.25, 0.3) is 5.56 Å². The molecule has 0 aliphatic carbocycles. The fourth-order valence-corrected chi connectivity index (χ4v) is 4.26. The maximum atomic E-state index is 15.6. The molecule has 5 rings (SSSR count). The zero-order chi connectivity index (χ0) is 22.3. The molecule has 5 aromatic rings. The Labute approximate surface area is 184 Å². The van der Waals surface area contributed by atoms with Gasteiger partial charge in [0.1, 0.15) is 5.82 Å². The first-order chi connectivity index (χ1) is 15.4. The lowest BCUT2D eigenvalue weighted by molar-refractivity contribution is 0.0303. The lowest BCUT2D eigenvalue weighted by Gasteiger charge is -2.20. The fourth-order valence-electron chi connectivity index (χ4n) is 3.43. The zero-order valence-corrected chi connectivity index (χ0v) is 17.2. The molecule has 3 aromatic carbocycles. The molecule has 0 aliphatic rings. The number of fused-ring (bicyclic) bond motifs is 1. The van der Waals surface area contributed by atoms with Gasteiger partial charge in [-0.25, -0.2) is 18.9 Å². The maximum Gasteiger partial charge on any atom is 0.330 e. The van der Waals surface area contributed by atoms with E-state index in [0.717, 1.165) is 33.6 Å². The molecule has 32 heavy (non-hydrogen) atoms. The summed E-state index contributed by atoms with van der Waals surface area (Å²) in [4.78, 5) is 21.8. The van der Waals surface area contributed by atoms with Crippen LogP contribution in [0.1, 0.15) is 11.4 Å². The number of thiazole rings is 1. The van der Waals surface area contributed by atoms with Crippen molar-refractivity contribution in [1.82, 2.24) is 14.5 Å². The number of aromatic nitrogens is 3. The summed E-state index contributed by atoms with van der Waals surface area (Å²) in [6.45, 7) is 0. The zero-order valence-electron chi connectivity index (χ0n) is 16.4. The minimum absolute atomic E-state index is 0.0236. The van der Waals surface area contributed by atoms with E-state index in [2.05, 4.69) is 9.97 Å². The first-order valence-electron chi connectivity index (χ1n) is 9.62. The lowest BCUT2D eigenvalue weighted by Crippen LogP contribution is -2.31. The highest BCUT2D eigenvalue weighted by Crippen LogP contribution is 2.36. The Morgan fingerprint density at radius 3 is 2.28 bits per heavy atom. The second-order valence-electron chi connectivity index (χ2n) is 7.06. The van der Waals surface area contributed by atoms with E-state index in [1.54, 1.807) is 11.4 Å². The van der Waals surface area contributed by atoms with Crippen molar-refractivity contribution in [2.45, 2.75) is 5.92 Å². The highest BCUT2D eigenvalue weighted by Gasteiger charge is 2.40. The molecule has 0 N–H and O–H groups in total. The SMILES string of the molecule is O=c1c2ccc(F)cc2nc(C(F)(F)c2ccccc2)n1-c1nc(-c2ccccc2)cs1. The number of halogens is 3. The summed E-state index contributed by atoms with van der Waals surface area (Å²) >= 11 is 1.05. The van der Waals surface area contributed by atoms with E-state index in [9.17, 15) is 9.18 Å². The molecule has 4 nitrogen and oxygen atoms in total. The van der Waals surface area contributed by atoms with Gasteiger partial charge in [-0.15, -0.1) is 11.3 Å². The van der Waals surface area contributed by atoms with Crippen molar-refractivity contribution in [3.05, 3.63) is 112 Å². The van der Waals surface area contributed by atoms with Gasteiger partial charge in [-0.3, -0.25) is 4.79 Å². The Balaban J connectivity index is 1.79. The molecule has 2 heterocycles. The number of rotatable bonds is 4. The minimum atomic E-state index is -3.63. The summed E-state index contributed by atoms with van der Waals surface area (Å²) in [5, 5.41) is 1.77. The van der Waals surface area contributed by atoms with E-state index in [0.29, 0.717) is 5.69 Å². The summed E-state index contributed by atoms with van der Waals surface area (Å²) in [5.74, 6) is -5.11. The van der Waals surface area contributed by atoms with Crippen LogP contribution in [-0.2, 0) is 5.92 Å². The van der Waals surface area contributed by atoms with Crippen LogP contribution in [0.4, 0.5) is 13.2 Å². The molecule has 0 saturated heterocycles. The number of nitrogens with zero attached hydrogens (tertiary/aromatic N) is 3. The third kappa shape index (κ3) is 3.38. The van der Waals surface area contributed by atoms with Crippen molar-refractivity contribution in [3.8, 4) is 16.4 Å². The van der Waals surface area contributed by atoms with Crippen LogP contribution < -0.4 is 5.56 Å². The number of hydrogen-bond donors (Lipinski definition) is 0. The number of benzene rings is 3. The van der Waals surface area contributed by atoms with Crippen LogP contribution in [0, 0.1) is 5.82 Å². The van der Waals surface area contributed by atoms with Crippen LogP contribution in [-0.4, -0.2) is 14.5 Å². The molecule has 0 amide bonds. The summed E-state index contributed by atoms with van der Waals surface area (Å²) in [5.41, 5.74) is 0.114. The molecular weight excluding hydrogens is 435 g/mol. The molecule has 0 spiro atoms. The van der Waals surface area contributed by atoms with Crippen molar-refractivity contribution < 1.29 is 13.2 Å². The van der Waals surface area contributed by atoms with Crippen LogP contribution >= 0.6 is 11.3 Å². The van der Waals surface area contributed by atoms with Gasteiger partial charge < -0.3 is 0 Å². The summed E-state index contributed by atoms with van der Waals surface area (Å²) in [6, 6.07) is 19.6. The monoisotopic (exact) mass is 449 g/mol. The smallest absolute Gasteiger partial charge is 0.268 e. The van der Waals surface area contributed by atoms with E-state index in [4.69, 9.17) is 0 Å². The van der Waals surface area contributed by atoms with Gasteiger partial charge in [0, 0.05) is 22.6 Å². The Morgan fingerprint density at radius 1 is 0.875 bits per heavy atom. The Bertz CT molecular complexity index is 1480. The number of alkyl halides is 2. The van der Waals surface area contributed by atoms with Crippen LogP contribution in [0.2, 0.25) is 0 Å². The van der Waals surface area contributed by atoms with Crippen LogP contribution in [0.5, 0.6) is 0 Å². The normalized spacial score (nSPS) is 11.7. The third-order valence-electron chi connectivity index (χ3n) is 5.00. The van der Waals surface area contributed by atoms with Crippen molar-refractivity contribution in [2.24, 2.45) is 0 Å². The van der Waals surface area contributed by atoms with Crippen LogP contribution in [0.3, 0.4) is 0 Å². The second-order valence-corrected chi connectivity index (χ2v) is 7.90. The van der Waals surface area contributed by atoms with Crippen LogP contribution in [0.25, 0.3) is 27.3 Å². The highest BCUT2D eigenvalue weighted by molar-refractivity contribution is 7.12. The minimum Gasteiger partial charge on any atom is -0.268 e. The average Bonchev–Trinajstić information content (AvgIpc) is 3.30. The largest absolute Gasteiger partial charge is 0.330 e. The summed E-state index contributed by atoms with van der Waals surface area (Å²) in [7, 11) is 0. The van der Waals surface area contributed by atoms with Crippen molar-refractivity contribution in [3.63, 3.8) is 0 Å². The Kier molecular flexibility index (Phi) is 4.86. The van der Waals surface area contributed by atoms with Crippen molar-refractivity contribution >= 4 is 22.2 Å². The average molecular weight is 449 g/mol. The van der Waals surface area contributed by atoms with Gasteiger partial charge in [-0.05, 0) is 12.1 Å². The molecule has 0 radical (unpaired) electrons. The van der Waals surface area contributed by atoms with E-state index < -0.39 is 23.1 Å². The van der Waals surface area contributed by atoms with Gasteiger partial charge >= 0.3 is 5.92 Å². The molecule has 0 saturated carbocycles. The predicted octanol–water partition coefficient (Wildman–Crippen LogP) is 5.79. The molecule has 0 aliphatic heterocycles. The molecule has 0 unspecified atom stereocenters. The third-order valence-corrected chi connectivity index (χ3v) is 5.83. The molecule has 8 heteroatoms. The van der Waals surface area contributed by atoms with Crippen molar-refractivity contribution in [1.29, 1.82) is 0 Å². The van der Waals surface area contributed by atoms with E-state index in [1.165, 1.54) is 30.3 Å². The molecule has 0 fully saturated rings. The van der Waals surface area contributed by atoms with E-state index in [1.807, 2.05) is 30.3 Å². The highest BCUT2D eigenvalue weighted by atomic mass is 32.1. The lowest BCUT2D eigenvalue weighted by atomic mass is 10.1. The topological polar surface area (TPSA) is 47.8 Å². The second kappa shape index (κ2) is 7.72. The first kappa shape index (κ1) is 20.1. The summed E-state index contributed by atoms with van der Waals surface area (Å²) < 4.78 is 45.9. The molecule has 0 atom stereocenters. The Hall–Kier alpha value is -3.78. The molecule has 0 bridgehead atoms. The quantitative estimate of drug-likeness (QED) is 0.349. The van der Waals surface area contributed by atoms with Gasteiger partial charge in [0.2, 0.25) is 0 Å². The predicted molar refractivity (Wildman–Crippen MR) is 118 cm³/mol. The fraction of sp³-hybridized carbons (Fsp3) is 0.0417. The summed E-state index contributed by atoms with van der Waals surface area (Å²) in [6.07, 6.45) is 0. The molecular formula is C24H14F3N3OS. The first-order valence-corrected chi connectivity index (χ1v) is 10.5. The van der Waals surface area contributed by atoms with E-state index in [-0.39, 0.29) is 21.6 Å². The van der Waals surface area contributed by atoms with Gasteiger partial charge in [0.05, 0.1) is 16.6 Å². The standard InChI is InChI=1S/C24H14F3N3OS/c25-17-11-12-18-19(13-17)28-22(24(26,27)16-9-5-2-6-10-16)30(21(18)31)23-29-20(14-32-23)15-7-3-1-4-8-15/h1-14H. The number of hydrogen-bond acceptors (Lipinski definition) is 4. The van der Waals surface area contributed by atoms with Crippen molar-refractivity contribution in [2.75, 3.05) is 0 Å². The maximum absolute atomic E-state index is 15.6. The van der Waals surface area contributed by atoms with Crippen LogP contribution in [0.15, 0.2) is 89.0 Å².